The van der Waals surface area contributed by atoms with Crippen LogP contribution in [0.5, 0.6) is 0 Å². The van der Waals surface area contributed by atoms with Crippen molar-refractivity contribution in [1.29, 1.82) is 0 Å². The molecule has 0 fully saturated rings. The molecule has 6 heteroatoms. The first kappa shape index (κ1) is 21.7. The molecule has 168 valence electrons. The van der Waals surface area contributed by atoms with Crippen LogP contribution in [0.15, 0.2) is 109 Å². The molecule has 0 aliphatic heterocycles. The number of hydrogen-bond acceptors (Lipinski definition) is 2. The molecule has 0 unspecified atom stereocenters. The summed E-state index contributed by atoms with van der Waals surface area (Å²) in [5, 5.41) is 8.57. The fourth-order valence-corrected chi connectivity index (χ4v) is 4.24. The van der Waals surface area contributed by atoms with Gasteiger partial charge in [0, 0.05) is 18.3 Å². The Labute approximate surface area is 203 Å². The van der Waals surface area contributed by atoms with E-state index in [-0.39, 0.29) is 11.9 Å². The summed E-state index contributed by atoms with van der Waals surface area (Å²) >= 11 is 6.26. The highest BCUT2D eigenvalue weighted by atomic mass is 35.5. The fourth-order valence-electron chi connectivity index (χ4n) is 4.06. The molecule has 0 saturated heterocycles. The van der Waals surface area contributed by atoms with E-state index in [1.54, 1.807) is 16.8 Å². The fraction of sp³-hybridized carbons (Fsp3) is 0.0714. The second-order valence-corrected chi connectivity index (χ2v) is 8.48. The molecule has 3 aromatic carbocycles. The lowest BCUT2D eigenvalue weighted by molar-refractivity contribution is 0.0935. The average molecular weight is 467 g/mol. The molecule has 34 heavy (non-hydrogen) atoms. The molecule has 1 amide bonds. The number of hydrogen-bond donors (Lipinski definition) is 1. The van der Waals surface area contributed by atoms with Crippen LogP contribution in [0.3, 0.4) is 0 Å². The Morgan fingerprint density at radius 3 is 2.12 bits per heavy atom. The third-order valence-electron chi connectivity index (χ3n) is 5.74. The molecule has 5 nitrogen and oxygen atoms in total. The van der Waals surface area contributed by atoms with Crippen LogP contribution < -0.4 is 5.32 Å². The SMILES string of the molecule is Cn1cccc1-c1cc(C(=O)NC(c2ccccc2)c2ccccc2)n(-c2cccc(Cl)c2)n1. The van der Waals surface area contributed by atoms with Crippen molar-refractivity contribution in [2.24, 2.45) is 7.05 Å². The number of carbonyl (C=O) groups excluding carboxylic acids is 1. The van der Waals surface area contributed by atoms with Crippen molar-refractivity contribution < 1.29 is 4.79 Å². The molecular weight excluding hydrogens is 444 g/mol. The number of rotatable bonds is 6. The van der Waals surface area contributed by atoms with Crippen LogP contribution in [-0.4, -0.2) is 20.3 Å². The molecule has 0 saturated carbocycles. The molecule has 2 heterocycles. The van der Waals surface area contributed by atoms with Crippen molar-refractivity contribution in [2.45, 2.75) is 6.04 Å². The molecule has 5 rings (SSSR count). The summed E-state index contributed by atoms with van der Waals surface area (Å²) in [5.41, 5.74) is 4.76. The Balaban J connectivity index is 1.58. The topological polar surface area (TPSA) is 51.9 Å². The molecule has 0 bridgehead atoms. The summed E-state index contributed by atoms with van der Waals surface area (Å²) in [4.78, 5) is 13.7. The van der Waals surface area contributed by atoms with E-state index in [9.17, 15) is 4.79 Å². The highest BCUT2D eigenvalue weighted by Gasteiger charge is 2.23. The number of nitrogens with zero attached hydrogens (tertiary/aromatic N) is 3. The predicted molar refractivity (Wildman–Crippen MR) is 135 cm³/mol. The van der Waals surface area contributed by atoms with Crippen LogP contribution in [0, 0.1) is 0 Å². The number of carbonyl (C=O) groups is 1. The van der Waals surface area contributed by atoms with Gasteiger partial charge in [-0.3, -0.25) is 4.79 Å². The maximum absolute atomic E-state index is 13.7. The van der Waals surface area contributed by atoms with E-state index in [4.69, 9.17) is 16.7 Å². The van der Waals surface area contributed by atoms with E-state index in [0.29, 0.717) is 22.1 Å². The third kappa shape index (κ3) is 4.38. The molecular formula is C28H23ClN4O. The summed E-state index contributed by atoms with van der Waals surface area (Å²) in [6, 6.07) is 32.7. The highest BCUT2D eigenvalue weighted by molar-refractivity contribution is 6.30. The molecule has 1 N–H and O–H groups in total. The van der Waals surface area contributed by atoms with E-state index in [0.717, 1.165) is 16.8 Å². The maximum Gasteiger partial charge on any atom is 0.270 e. The zero-order chi connectivity index (χ0) is 23.5. The monoisotopic (exact) mass is 466 g/mol. The van der Waals surface area contributed by atoms with Crippen LogP contribution in [0.1, 0.15) is 27.7 Å². The zero-order valence-electron chi connectivity index (χ0n) is 18.6. The standard InChI is InChI=1S/C28H23ClN4O/c1-32-17-9-16-25(32)24-19-26(33(31-24)23-15-8-14-22(29)18-23)28(34)30-27(20-10-4-2-5-11-20)21-12-6-3-7-13-21/h2-19,27H,1H3,(H,30,34). The summed E-state index contributed by atoms with van der Waals surface area (Å²) < 4.78 is 3.62. The minimum Gasteiger partial charge on any atom is -0.349 e. The van der Waals surface area contributed by atoms with Gasteiger partial charge in [-0.15, -0.1) is 0 Å². The molecule has 0 spiro atoms. The first-order chi connectivity index (χ1) is 16.6. The summed E-state index contributed by atoms with van der Waals surface area (Å²) in [6.07, 6.45) is 1.95. The number of aromatic nitrogens is 3. The number of halogens is 1. The van der Waals surface area contributed by atoms with Gasteiger partial charge in [0.05, 0.1) is 17.4 Å². The normalized spacial score (nSPS) is 11.0. The Morgan fingerprint density at radius 1 is 0.853 bits per heavy atom. The van der Waals surface area contributed by atoms with Gasteiger partial charge in [0.1, 0.15) is 11.4 Å². The smallest absolute Gasteiger partial charge is 0.270 e. The van der Waals surface area contributed by atoms with Gasteiger partial charge in [-0.2, -0.15) is 5.10 Å². The Kier molecular flexibility index (Phi) is 6.02. The van der Waals surface area contributed by atoms with Crippen molar-refractivity contribution in [1.82, 2.24) is 19.7 Å². The van der Waals surface area contributed by atoms with Gasteiger partial charge in [-0.1, -0.05) is 78.3 Å². The number of aryl methyl sites for hydroxylation is 1. The van der Waals surface area contributed by atoms with Crippen molar-refractivity contribution in [2.75, 3.05) is 0 Å². The third-order valence-corrected chi connectivity index (χ3v) is 5.98. The lowest BCUT2D eigenvalue weighted by atomic mass is 9.98. The van der Waals surface area contributed by atoms with Gasteiger partial charge < -0.3 is 9.88 Å². The molecule has 2 aromatic heterocycles. The Hall–Kier alpha value is -4.09. The lowest BCUT2D eigenvalue weighted by Crippen LogP contribution is -2.31. The van der Waals surface area contributed by atoms with Gasteiger partial charge in [-0.05, 0) is 47.5 Å². The quantitative estimate of drug-likeness (QED) is 0.331. The van der Waals surface area contributed by atoms with E-state index >= 15 is 0 Å². The average Bonchev–Trinajstić information content (AvgIpc) is 3.50. The second-order valence-electron chi connectivity index (χ2n) is 8.04. The Bertz CT molecular complexity index is 1380. The van der Waals surface area contributed by atoms with E-state index in [1.807, 2.05) is 109 Å². The Morgan fingerprint density at radius 2 is 1.53 bits per heavy atom. The van der Waals surface area contributed by atoms with Crippen LogP contribution in [0.25, 0.3) is 17.1 Å². The van der Waals surface area contributed by atoms with Crippen molar-refractivity contribution in [3.8, 4) is 17.1 Å². The molecule has 5 aromatic rings. The van der Waals surface area contributed by atoms with Crippen LogP contribution in [0.2, 0.25) is 5.02 Å². The molecule has 0 radical (unpaired) electrons. The molecule has 0 atom stereocenters. The zero-order valence-corrected chi connectivity index (χ0v) is 19.4. The largest absolute Gasteiger partial charge is 0.349 e. The number of benzene rings is 3. The number of nitrogens with one attached hydrogen (secondary N) is 1. The molecule has 0 aliphatic carbocycles. The van der Waals surface area contributed by atoms with Crippen LogP contribution in [0.4, 0.5) is 0 Å². The minimum atomic E-state index is -0.309. The summed E-state index contributed by atoms with van der Waals surface area (Å²) in [5.74, 6) is -0.231. The van der Waals surface area contributed by atoms with Crippen LogP contribution in [-0.2, 0) is 7.05 Å². The van der Waals surface area contributed by atoms with Crippen LogP contribution >= 0.6 is 11.6 Å². The van der Waals surface area contributed by atoms with Gasteiger partial charge in [0.15, 0.2) is 0 Å². The predicted octanol–water partition coefficient (Wildman–Crippen LogP) is 6.05. The minimum absolute atomic E-state index is 0.231. The second kappa shape index (κ2) is 9.41. The molecule has 0 aliphatic rings. The van der Waals surface area contributed by atoms with Crippen molar-refractivity contribution in [3.63, 3.8) is 0 Å². The van der Waals surface area contributed by atoms with E-state index in [2.05, 4.69) is 5.32 Å². The van der Waals surface area contributed by atoms with Crippen molar-refractivity contribution >= 4 is 17.5 Å². The first-order valence-corrected chi connectivity index (χ1v) is 11.4. The van der Waals surface area contributed by atoms with Gasteiger partial charge >= 0.3 is 0 Å². The first-order valence-electron chi connectivity index (χ1n) is 11.0. The summed E-state index contributed by atoms with van der Waals surface area (Å²) in [7, 11) is 1.95. The number of amides is 1. The lowest BCUT2D eigenvalue weighted by Gasteiger charge is -2.20. The van der Waals surface area contributed by atoms with Crippen molar-refractivity contribution in [3.05, 3.63) is 131 Å². The highest BCUT2D eigenvalue weighted by Crippen LogP contribution is 2.26. The van der Waals surface area contributed by atoms with E-state index < -0.39 is 0 Å². The maximum atomic E-state index is 13.7. The van der Waals surface area contributed by atoms with E-state index in [1.165, 1.54) is 0 Å². The van der Waals surface area contributed by atoms with Gasteiger partial charge in [0.2, 0.25) is 0 Å². The summed E-state index contributed by atoms with van der Waals surface area (Å²) in [6.45, 7) is 0. The van der Waals surface area contributed by atoms with Gasteiger partial charge in [0.25, 0.3) is 5.91 Å². The van der Waals surface area contributed by atoms with Gasteiger partial charge in [-0.25, -0.2) is 4.68 Å².